The fraction of sp³-hybridized carbons (Fsp3) is 0. The average molecular weight is 830 g/mol. The van der Waals surface area contributed by atoms with Crippen LogP contribution < -0.4 is 0 Å². The van der Waals surface area contributed by atoms with E-state index in [4.69, 9.17) is 19.4 Å². The summed E-state index contributed by atoms with van der Waals surface area (Å²) in [4.78, 5) is 16.2. The minimum absolute atomic E-state index is 0.524. The molecular weight excluding hydrogens is 795 g/mol. The Kier molecular flexibility index (Phi) is 7.59. The molecule has 0 aliphatic heterocycles. The van der Waals surface area contributed by atoms with Crippen LogP contribution in [0.5, 0.6) is 0 Å². The van der Waals surface area contributed by atoms with Gasteiger partial charge in [-0.05, 0) is 88.3 Å². The van der Waals surface area contributed by atoms with Gasteiger partial charge in [0.15, 0.2) is 17.5 Å². The number of para-hydroxylation sites is 4. The summed E-state index contributed by atoms with van der Waals surface area (Å²) in [5.74, 6) is 1.68. The Morgan fingerprint density at radius 2 is 0.877 bits per heavy atom. The lowest BCUT2D eigenvalue weighted by molar-refractivity contribution is 0.669. The first-order valence-electron chi connectivity index (χ1n) is 21.9. The molecule has 0 N–H and O–H groups in total. The first kappa shape index (κ1) is 35.7. The Morgan fingerprint density at radius 3 is 1.58 bits per heavy atom. The van der Waals surface area contributed by atoms with Crippen molar-refractivity contribution < 1.29 is 4.42 Å². The third kappa shape index (κ3) is 5.44. The molecule has 14 rings (SSSR count). The van der Waals surface area contributed by atoms with E-state index in [1.54, 1.807) is 0 Å². The number of hydrogen-bond donors (Lipinski definition) is 0. The molecule has 0 atom stereocenters. The highest BCUT2D eigenvalue weighted by Gasteiger charge is 2.24. The molecule has 0 unspecified atom stereocenters. The second-order valence-corrected chi connectivity index (χ2v) is 16.8. The summed E-state index contributed by atoms with van der Waals surface area (Å²) in [6.45, 7) is 0. The van der Waals surface area contributed by atoms with Gasteiger partial charge in [0.25, 0.3) is 0 Å². The van der Waals surface area contributed by atoms with Crippen LogP contribution in [0.15, 0.2) is 217 Å². The minimum atomic E-state index is 0.524. The van der Waals surface area contributed by atoms with Crippen molar-refractivity contribution in [2.45, 2.75) is 0 Å². The summed E-state index contributed by atoms with van der Waals surface area (Å²) in [6, 6.07) is 75.1. The molecule has 0 aliphatic rings. The van der Waals surface area contributed by atoms with Crippen molar-refractivity contribution in [2.24, 2.45) is 0 Å². The molecule has 4 aromatic heterocycles. The number of hydrogen-bond acceptors (Lipinski definition) is 4. The molecule has 4 heterocycles. The third-order valence-electron chi connectivity index (χ3n) is 13.1. The quantitative estimate of drug-likeness (QED) is 0.173. The summed E-state index contributed by atoms with van der Waals surface area (Å²) in [5, 5.41) is 11.5. The van der Waals surface area contributed by atoms with Crippen LogP contribution in [-0.2, 0) is 0 Å². The van der Waals surface area contributed by atoms with Gasteiger partial charge in [0.2, 0.25) is 0 Å². The fourth-order valence-corrected chi connectivity index (χ4v) is 10.2. The fourth-order valence-electron chi connectivity index (χ4n) is 10.2. The smallest absolute Gasteiger partial charge is 0.167 e. The van der Waals surface area contributed by atoms with Gasteiger partial charge < -0.3 is 13.6 Å². The molecule has 6 heteroatoms. The van der Waals surface area contributed by atoms with E-state index in [0.29, 0.717) is 17.5 Å². The maximum atomic E-state index is 6.87. The first-order valence-corrected chi connectivity index (χ1v) is 21.9. The van der Waals surface area contributed by atoms with Crippen molar-refractivity contribution in [3.63, 3.8) is 0 Å². The van der Waals surface area contributed by atoms with Crippen LogP contribution in [0.2, 0.25) is 0 Å². The van der Waals surface area contributed by atoms with Gasteiger partial charge in [0.05, 0.1) is 27.6 Å². The lowest BCUT2D eigenvalue weighted by atomic mass is 10.0. The van der Waals surface area contributed by atoms with Crippen molar-refractivity contribution in [3.8, 4) is 45.5 Å². The summed E-state index contributed by atoms with van der Waals surface area (Å²) < 4.78 is 11.6. The molecule has 0 bridgehead atoms. The maximum Gasteiger partial charge on any atom is 0.167 e. The number of rotatable bonds is 5. The highest BCUT2D eigenvalue weighted by molar-refractivity contribution is 6.18. The molecule has 6 nitrogen and oxygen atoms in total. The lowest BCUT2D eigenvalue weighted by Gasteiger charge is -2.14. The van der Waals surface area contributed by atoms with Gasteiger partial charge in [0.1, 0.15) is 11.2 Å². The van der Waals surface area contributed by atoms with Crippen molar-refractivity contribution in [3.05, 3.63) is 212 Å². The van der Waals surface area contributed by atoms with Gasteiger partial charge in [-0.15, -0.1) is 0 Å². The normalized spacial score (nSPS) is 12.0. The highest BCUT2D eigenvalue weighted by atomic mass is 16.3. The molecule has 0 saturated carbocycles. The molecule has 14 aromatic rings. The van der Waals surface area contributed by atoms with Crippen LogP contribution in [0.1, 0.15) is 0 Å². The molecule has 0 saturated heterocycles. The minimum Gasteiger partial charge on any atom is -0.455 e. The summed E-state index contributed by atoms with van der Waals surface area (Å²) in [7, 11) is 0. The van der Waals surface area contributed by atoms with Gasteiger partial charge in [0, 0.05) is 54.8 Å². The van der Waals surface area contributed by atoms with Gasteiger partial charge >= 0.3 is 0 Å². The number of nitrogens with zero attached hydrogens (tertiary/aromatic N) is 5. The zero-order valence-electron chi connectivity index (χ0n) is 34.9. The number of fused-ring (bicyclic) bond motifs is 11. The first-order chi connectivity index (χ1) is 32.2. The Bertz CT molecular complexity index is 4150. The molecule has 0 aliphatic carbocycles. The monoisotopic (exact) mass is 829 g/mol. The second kappa shape index (κ2) is 13.8. The highest BCUT2D eigenvalue weighted by Crippen LogP contribution is 2.43. The summed E-state index contributed by atoms with van der Waals surface area (Å²) in [5.41, 5.74) is 10.5. The van der Waals surface area contributed by atoms with E-state index in [2.05, 4.69) is 191 Å². The SMILES string of the molecule is c1ccc(-c2nc(-c3cc(-n4c5cc6ccccc6cc5c5cc6ccccc6cc54)cc4c3oc3ccccc34)nc(-c3cccc4c5ccccc5n(-c5ccccc5)c34)n2)cc1. The van der Waals surface area contributed by atoms with Gasteiger partial charge in [-0.2, -0.15) is 0 Å². The zero-order valence-corrected chi connectivity index (χ0v) is 34.9. The average Bonchev–Trinajstić information content (AvgIpc) is 4.02. The van der Waals surface area contributed by atoms with E-state index >= 15 is 0 Å². The predicted octanol–water partition coefficient (Wildman–Crippen LogP) is 15.3. The molecule has 0 radical (unpaired) electrons. The predicted molar refractivity (Wildman–Crippen MR) is 267 cm³/mol. The second-order valence-electron chi connectivity index (χ2n) is 16.8. The van der Waals surface area contributed by atoms with E-state index in [9.17, 15) is 0 Å². The Balaban J connectivity index is 1.10. The van der Waals surface area contributed by atoms with E-state index in [-0.39, 0.29) is 0 Å². The van der Waals surface area contributed by atoms with Crippen LogP contribution in [0.25, 0.3) is 133 Å². The molecule has 0 spiro atoms. The molecule has 0 amide bonds. The maximum absolute atomic E-state index is 6.87. The van der Waals surface area contributed by atoms with E-state index in [1.165, 1.54) is 32.3 Å². The number of aromatic nitrogens is 5. The molecular formula is C59H35N5O. The zero-order chi connectivity index (χ0) is 42.6. The van der Waals surface area contributed by atoms with Crippen molar-refractivity contribution in [2.75, 3.05) is 0 Å². The van der Waals surface area contributed by atoms with Crippen LogP contribution in [0.4, 0.5) is 0 Å². The largest absolute Gasteiger partial charge is 0.455 e. The van der Waals surface area contributed by atoms with E-state index in [0.717, 1.165) is 82.8 Å². The standard InChI is InChI=1S/C59H35N5O/c1-3-16-36(17-4-1)57-60-58(46-27-15-26-45-43-24-11-13-28-51(43)64(55(45)46)41-22-5-2-6-23-41)62-59(61-57)50-35-42(34-49-44-25-12-14-29-54(44)65-56(49)50)63-52-32-39-20-9-7-18-37(39)30-47(52)48-31-38-19-8-10-21-40(38)33-53(48)63/h1-35H. The molecule has 0 fully saturated rings. The molecule has 302 valence electrons. The Morgan fingerprint density at radius 1 is 0.323 bits per heavy atom. The van der Waals surface area contributed by atoms with Gasteiger partial charge in [-0.25, -0.2) is 15.0 Å². The summed E-state index contributed by atoms with van der Waals surface area (Å²) >= 11 is 0. The Labute approximate surface area is 371 Å². The van der Waals surface area contributed by atoms with Crippen LogP contribution in [-0.4, -0.2) is 24.1 Å². The number of furan rings is 1. The lowest BCUT2D eigenvalue weighted by Crippen LogP contribution is -2.03. The van der Waals surface area contributed by atoms with E-state index < -0.39 is 0 Å². The van der Waals surface area contributed by atoms with Gasteiger partial charge in [-0.1, -0.05) is 146 Å². The van der Waals surface area contributed by atoms with Crippen molar-refractivity contribution in [1.29, 1.82) is 0 Å². The van der Waals surface area contributed by atoms with Crippen LogP contribution in [0.3, 0.4) is 0 Å². The van der Waals surface area contributed by atoms with Gasteiger partial charge in [-0.3, -0.25) is 0 Å². The molecule has 65 heavy (non-hydrogen) atoms. The summed E-state index contributed by atoms with van der Waals surface area (Å²) in [6.07, 6.45) is 0. The molecule has 10 aromatic carbocycles. The van der Waals surface area contributed by atoms with Crippen LogP contribution >= 0.6 is 0 Å². The van der Waals surface area contributed by atoms with Crippen molar-refractivity contribution in [1.82, 2.24) is 24.1 Å². The van der Waals surface area contributed by atoms with E-state index in [1.807, 2.05) is 30.3 Å². The Hall–Kier alpha value is -8.87. The third-order valence-corrected chi connectivity index (χ3v) is 13.1. The van der Waals surface area contributed by atoms with Crippen molar-refractivity contribution >= 4 is 87.1 Å². The van der Waals surface area contributed by atoms with Crippen LogP contribution in [0, 0.1) is 0 Å². The number of benzene rings is 10. The topological polar surface area (TPSA) is 61.7 Å².